The smallest absolute Gasteiger partial charge is 0.244 e. The van der Waals surface area contributed by atoms with Crippen molar-refractivity contribution in [3.05, 3.63) is 100 Å². The lowest BCUT2D eigenvalue weighted by molar-refractivity contribution is -0.140. The first-order valence-corrected chi connectivity index (χ1v) is 19.8. The summed E-state index contributed by atoms with van der Waals surface area (Å²) in [5.74, 6) is 1.67. The van der Waals surface area contributed by atoms with Crippen LogP contribution in [0.2, 0.25) is 0 Å². The molecule has 1 N–H and O–H groups in total. The topological polar surface area (TPSA) is 86.8 Å². The molecule has 48 heavy (non-hydrogen) atoms. The molecule has 0 saturated heterocycles. The Morgan fingerprint density at radius 2 is 1.42 bits per heavy atom. The zero-order valence-corrected chi connectivity index (χ0v) is 30.9. The average Bonchev–Trinajstić information content (AvgIpc) is 3.01. The Bertz CT molecular complexity index is 1680. The van der Waals surface area contributed by atoms with E-state index in [-0.39, 0.29) is 24.3 Å². The predicted octanol–water partition coefficient (Wildman–Crippen LogP) is 7.24. The summed E-state index contributed by atoms with van der Waals surface area (Å²) in [7, 11) is -3.84. The van der Waals surface area contributed by atoms with Crippen LogP contribution >= 0.6 is 15.9 Å². The normalized spacial score (nSPS) is 23.8. The highest BCUT2D eigenvalue weighted by Gasteiger charge is 2.51. The number of carbonyl (C=O) groups is 2. The summed E-state index contributed by atoms with van der Waals surface area (Å²) in [4.78, 5) is 30.0. The van der Waals surface area contributed by atoms with Crippen LogP contribution in [0.4, 0.5) is 5.69 Å². The van der Waals surface area contributed by atoms with E-state index in [0.717, 1.165) is 39.6 Å². The summed E-state index contributed by atoms with van der Waals surface area (Å²) in [6.45, 7) is 5.45. The second-order valence-corrected chi connectivity index (χ2v) is 18.4. The molecule has 4 saturated carbocycles. The van der Waals surface area contributed by atoms with E-state index in [1.54, 1.807) is 4.90 Å². The van der Waals surface area contributed by atoms with Crippen molar-refractivity contribution in [2.24, 2.45) is 17.8 Å². The largest absolute Gasteiger partial charge is 0.350 e. The number of hydrogen-bond acceptors (Lipinski definition) is 4. The monoisotopic (exact) mass is 733 g/mol. The molecule has 1 atom stereocenters. The quantitative estimate of drug-likeness (QED) is 0.225. The number of carbonyl (C=O) groups excluding carboxylic acids is 2. The second kappa shape index (κ2) is 13.6. The Kier molecular flexibility index (Phi) is 9.84. The molecule has 7 rings (SSSR count). The van der Waals surface area contributed by atoms with Gasteiger partial charge in [0.2, 0.25) is 21.8 Å². The van der Waals surface area contributed by atoms with Crippen LogP contribution < -0.4 is 9.62 Å². The predicted molar refractivity (Wildman–Crippen MR) is 195 cm³/mol. The highest BCUT2D eigenvalue weighted by atomic mass is 79.9. The maximum atomic E-state index is 14.5. The second-order valence-electron chi connectivity index (χ2n) is 15.6. The van der Waals surface area contributed by atoms with Crippen molar-refractivity contribution >= 4 is 43.5 Å². The summed E-state index contributed by atoms with van der Waals surface area (Å²) >= 11 is 3.48. The number of sulfonamides is 1. The fourth-order valence-corrected chi connectivity index (χ4v) is 9.97. The molecule has 4 bridgehead atoms. The lowest BCUT2D eigenvalue weighted by Crippen LogP contribution is -2.56. The number of anilines is 1. The molecule has 4 aliphatic rings. The molecule has 0 aromatic heterocycles. The summed E-state index contributed by atoms with van der Waals surface area (Å²) < 4.78 is 28.8. The van der Waals surface area contributed by atoms with Gasteiger partial charge in [-0.05, 0) is 123 Å². The van der Waals surface area contributed by atoms with Crippen LogP contribution in [-0.4, -0.2) is 49.5 Å². The van der Waals surface area contributed by atoms with Gasteiger partial charge in [-0.2, -0.15) is 0 Å². The number of halogens is 1. The SMILES string of the molecule is CC(C)(C)NC(=O)C(Cc1ccccc1)N(Cc1ccc(Br)cc1)C(=O)CN(c1ccc(C23CC4CC(CC(C4)C2)C3)cc1)S(C)(=O)=O. The Morgan fingerprint density at radius 1 is 0.854 bits per heavy atom. The van der Waals surface area contributed by atoms with E-state index in [9.17, 15) is 18.0 Å². The molecule has 0 radical (unpaired) electrons. The Labute approximate surface area is 294 Å². The maximum absolute atomic E-state index is 14.5. The van der Waals surface area contributed by atoms with Gasteiger partial charge >= 0.3 is 0 Å². The minimum atomic E-state index is -3.84. The van der Waals surface area contributed by atoms with Gasteiger partial charge in [0.1, 0.15) is 12.6 Å². The van der Waals surface area contributed by atoms with Crippen LogP contribution in [0.25, 0.3) is 0 Å². The molecule has 256 valence electrons. The van der Waals surface area contributed by atoms with E-state index in [0.29, 0.717) is 5.69 Å². The van der Waals surface area contributed by atoms with Gasteiger partial charge in [-0.3, -0.25) is 13.9 Å². The lowest BCUT2D eigenvalue weighted by atomic mass is 9.48. The Morgan fingerprint density at radius 3 is 1.94 bits per heavy atom. The molecule has 2 amide bonds. The van der Waals surface area contributed by atoms with Gasteiger partial charge in [0.15, 0.2) is 0 Å². The molecule has 4 fully saturated rings. The fourth-order valence-electron chi connectivity index (χ4n) is 8.85. The number of amides is 2. The molecule has 0 heterocycles. The van der Waals surface area contributed by atoms with Gasteiger partial charge in [0.25, 0.3) is 0 Å². The molecule has 3 aromatic carbocycles. The minimum absolute atomic E-state index is 0.143. The molecule has 4 aliphatic carbocycles. The van der Waals surface area contributed by atoms with Crippen LogP contribution in [0.3, 0.4) is 0 Å². The molecule has 0 aliphatic heterocycles. The summed E-state index contributed by atoms with van der Waals surface area (Å²) in [5, 5.41) is 3.07. The Hall–Kier alpha value is -3.17. The molecular weight excluding hydrogens is 686 g/mol. The van der Waals surface area contributed by atoms with Crippen LogP contribution in [0, 0.1) is 17.8 Å². The maximum Gasteiger partial charge on any atom is 0.244 e. The van der Waals surface area contributed by atoms with Crippen molar-refractivity contribution < 1.29 is 18.0 Å². The van der Waals surface area contributed by atoms with Crippen LogP contribution in [0.1, 0.15) is 76.0 Å². The number of nitrogens with one attached hydrogen (secondary N) is 1. The van der Waals surface area contributed by atoms with E-state index in [1.807, 2.05) is 87.5 Å². The summed E-state index contributed by atoms with van der Waals surface area (Å²) in [5.41, 5.74) is 3.14. The third-order valence-corrected chi connectivity index (χ3v) is 12.2. The molecule has 1 unspecified atom stereocenters. The van der Waals surface area contributed by atoms with Gasteiger partial charge in [0.05, 0.1) is 11.9 Å². The molecule has 9 heteroatoms. The van der Waals surface area contributed by atoms with Gasteiger partial charge in [-0.15, -0.1) is 0 Å². The zero-order valence-electron chi connectivity index (χ0n) is 28.5. The summed E-state index contributed by atoms with van der Waals surface area (Å²) in [6.07, 6.45) is 9.15. The minimum Gasteiger partial charge on any atom is -0.350 e. The zero-order chi connectivity index (χ0) is 34.3. The lowest BCUT2D eigenvalue weighted by Gasteiger charge is -2.57. The number of rotatable bonds is 11. The highest BCUT2D eigenvalue weighted by molar-refractivity contribution is 9.10. The van der Waals surface area contributed by atoms with Gasteiger partial charge in [0, 0.05) is 23.0 Å². The van der Waals surface area contributed by atoms with Crippen LogP contribution in [-0.2, 0) is 38.0 Å². The van der Waals surface area contributed by atoms with E-state index in [2.05, 4.69) is 33.4 Å². The van der Waals surface area contributed by atoms with E-state index in [4.69, 9.17) is 0 Å². The van der Waals surface area contributed by atoms with Crippen molar-refractivity contribution in [2.75, 3.05) is 17.1 Å². The molecular formula is C39H48BrN3O4S. The molecule has 7 nitrogen and oxygen atoms in total. The van der Waals surface area contributed by atoms with Crippen LogP contribution in [0.15, 0.2) is 83.3 Å². The number of nitrogens with zero attached hydrogens (tertiary/aromatic N) is 2. The van der Waals surface area contributed by atoms with Crippen molar-refractivity contribution in [1.82, 2.24) is 10.2 Å². The third kappa shape index (κ3) is 7.99. The molecule has 3 aromatic rings. The van der Waals surface area contributed by atoms with Crippen molar-refractivity contribution in [2.45, 2.75) is 89.3 Å². The summed E-state index contributed by atoms with van der Waals surface area (Å²) in [6, 6.07) is 24.3. The highest BCUT2D eigenvalue weighted by Crippen LogP contribution is 2.60. The van der Waals surface area contributed by atoms with E-state index >= 15 is 0 Å². The Balaban J connectivity index is 1.31. The molecule has 0 spiro atoms. The van der Waals surface area contributed by atoms with E-state index < -0.39 is 34.1 Å². The number of hydrogen-bond donors (Lipinski definition) is 1. The third-order valence-electron chi connectivity index (χ3n) is 10.5. The van der Waals surface area contributed by atoms with Crippen molar-refractivity contribution in [3.63, 3.8) is 0 Å². The fraction of sp³-hybridized carbons (Fsp3) is 0.487. The van der Waals surface area contributed by atoms with Gasteiger partial charge < -0.3 is 10.2 Å². The first kappa shape index (κ1) is 34.7. The average molecular weight is 735 g/mol. The van der Waals surface area contributed by atoms with Crippen LogP contribution in [0.5, 0.6) is 0 Å². The number of benzene rings is 3. The standard InChI is InChI=1S/C39H48BrN3O4S/c1-38(2,3)41-37(45)35(21-27-8-6-5-7-9-27)42(25-28-10-14-33(40)15-11-28)36(44)26-43(48(4,46)47)34-16-12-32(13-17-34)39-22-29-18-30(23-39)20-31(19-29)24-39/h5-17,29-31,35H,18-26H2,1-4H3,(H,41,45). The van der Waals surface area contributed by atoms with Gasteiger partial charge in [-0.1, -0.05) is 70.5 Å². The van der Waals surface area contributed by atoms with Gasteiger partial charge in [-0.25, -0.2) is 8.42 Å². The van der Waals surface area contributed by atoms with Crippen molar-refractivity contribution in [3.8, 4) is 0 Å². The first-order chi connectivity index (χ1) is 22.7. The first-order valence-electron chi connectivity index (χ1n) is 17.2. The van der Waals surface area contributed by atoms with E-state index in [1.165, 1.54) is 48.4 Å². The van der Waals surface area contributed by atoms with Crippen molar-refractivity contribution in [1.29, 1.82) is 0 Å².